The predicted molar refractivity (Wildman–Crippen MR) is 114 cm³/mol. The molecule has 4 bridgehead atoms. The van der Waals surface area contributed by atoms with Gasteiger partial charge in [0.25, 0.3) is 5.91 Å². The van der Waals surface area contributed by atoms with Gasteiger partial charge in [-0.05, 0) is 92.7 Å². The van der Waals surface area contributed by atoms with E-state index in [-0.39, 0.29) is 29.3 Å². The van der Waals surface area contributed by atoms with Crippen molar-refractivity contribution < 1.29 is 23.1 Å². The van der Waals surface area contributed by atoms with E-state index in [1.165, 1.54) is 25.3 Å². The van der Waals surface area contributed by atoms with Gasteiger partial charge in [0.1, 0.15) is 12.3 Å². The lowest BCUT2D eigenvalue weighted by atomic mass is 9.44. The lowest BCUT2D eigenvalue weighted by Gasteiger charge is -2.60. The van der Waals surface area contributed by atoms with Crippen molar-refractivity contribution in [3.63, 3.8) is 0 Å². The lowest BCUT2D eigenvalue weighted by Crippen LogP contribution is -2.58. The molecule has 0 radical (unpaired) electrons. The summed E-state index contributed by atoms with van der Waals surface area (Å²) in [6.07, 6.45) is 8.16. The summed E-state index contributed by atoms with van der Waals surface area (Å²) in [5.41, 5.74) is 6.60. The highest BCUT2D eigenvalue weighted by Gasteiger charge is 2.59. The third-order valence-electron chi connectivity index (χ3n) is 8.12. The summed E-state index contributed by atoms with van der Waals surface area (Å²) in [4.78, 5) is 23.9. The zero-order chi connectivity index (χ0) is 22.0. The van der Waals surface area contributed by atoms with Gasteiger partial charge in [-0.25, -0.2) is 9.03 Å². The van der Waals surface area contributed by atoms with Crippen LogP contribution < -0.4 is 14.8 Å². The summed E-state index contributed by atoms with van der Waals surface area (Å²) in [5, 5.41) is 10.4. The average Bonchev–Trinajstić information content (AvgIpc) is 2.95. The molecule has 0 aromatic heterocycles. The van der Waals surface area contributed by atoms with Crippen LogP contribution in [0.15, 0.2) is 18.2 Å². The van der Waals surface area contributed by atoms with E-state index in [0.717, 1.165) is 42.0 Å². The molecule has 5 aliphatic rings. The molecule has 31 heavy (non-hydrogen) atoms. The van der Waals surface area contributed by atoms with Crippen molar-refractivity contribution in [2.45, 2.75) is 51.4 Å². The van der Waals surface area contributed by atoms with Crippen LogP contribution >= 0.6 is 0 Å². The molecule has 4 aliphatic carbocycles. The zero-order valence-electron chi connectivity index (χ0n) is 17.4. The molecule has 6 rings (SSSR count). The maximum Gasteiger partial charge on any atom is 0.326 e. The van der Waals surface area contributed by atoms with E-state index >= 15 is 0 Å². The fourth-order valence-electron chi connectivity index (χ4n) is 7.16. The molecule has 4 saturated carbocycles. The first-order valence-corrected chi connectivity index (χ1v) is 12.6. The number of phenols is 1. The second-order valence-corrected chi connectivity index (χ2v) is 11.6. The Morgan fingerprint density at radius 2 is 1.94 bits per heavy atom. The number of carbonyl (C=O) groups excluding carboxylic acids is 2. The Morgan fingerprint density at radius 3 is 2.52 bits per heavy atom. The molecule has 0 spiro atoms. The van der Waals surface area contributed by atoms with Crippen molar-refractivity contribution in [3.05, 3.63) is 23.8 Å². The maximum atomic E-state index is 12.5. The Morgan fingerprint density at radius 1 is 1.23 bits per heavy atom. The third kappa shape index (κ3) is 3.37. The van der Waals surface area contributed by atoms with Crippen LogP contribution in [0.2, 0.25) is 0 Å². The minimum Gasteiger partial charge on any atom is -0.506 e. The van der Waals surface area contributed by atoms with E-state index in [1.807, 2.05) is 4.72 Å². The molecular formula is C22H29N3O5S. The summed E-state index contributed by atoms with van der Waals surface area (Å²) >= 11 is 0. The fourth-order valence-corrected chi connectivity index (χ4v) is 8.33. The Hall–Kier alpha value is -2.29. The molecule has 5 fully saturated rings. The Kier molecular flexibility index (Phi) is 4.73. The molecule has 1 heterocycles. The molecule has 8 nitrogen and oxygen atoms in total. The number of nitrogens with zero attached hydrogens (tertiary/aromatic N) is 1. The highest BCUT2D eigenvalue weighted by molar-refractivity contribution is 7.92. The molecule has 9 heteroatoms. The van der Waals surface area contributed by atoms with Crippen LogP contribution in [0.3, 0.4) is 0 Å². The van der Waals surface area contributed by atoms with Gasteiger partial charge in [-0.1, -0.05) is 6.07 Å². The number of hydrogen-bond donors (Lipinski definition) is 3. The van der Waals surface area contributed by atoms with E-state index in [4.69, 9.17) is 5.73 Å². The van der Waals surface area contributed by atoms with Gasteiger partial charge >= 0.3 is 10.2 Å². The molecule has 1 aliphatic heterocycles. The molecule has 2 amide bonds. The van der Waals surface area contributed by atoms with E-state index in [1.54, 1.807) is 12.1 Å². The number of benzene rings is 1. The summed E-state index contributed by atoms with van der Waals surface area (Å²) in [7, 11) is -3.95. The summed E-state index contributed by atoms with van der Waals surface area (Å²) in [5.74, 6) is 1.36. The van der Waals surface area contributed by atoms with E-state index < -0.39 is 16.1 Å². The number of carbonyl (C=O) groups is 2. The van der Waals surface area contributed by atoms with Crippen LogP contribution in [-0.4, -0.2) is 31.9 Å². The third-order valence-corrected chi connectivity index (χ3v) is 9.52. The standard InChI is InChI=1S/C22H29N3O5S/c23-21(28)22-10-14-6-15(11-22)8-16(7-14)17(22)3-1-2-13-4-5-18(19(26)9-13)25-12-20(27)24-31(25,29)30/h4-5,9,14-17,26H,1-3,6-8,10-12H2,(H2,23,28)(H,24,27). The number of hydrogen-bond acceptors (Lipinski definition) is 5. The molecule has 3 atom stereocenters. The highest BCUT2D eigenvalue weighted by Crippen LogP contribution is 2.63. The lowest BCUT2D eigenvalue weighted by molar-refractivity contribution is -0.157. The number of phenolic OH excluding ortho intramolecular Hbond substituents is 1. The minimum atomic E-state index is -3.95. The van der Waals surface area contributed by atoms with Crippen LogP contribution in [-0.2, 0) is 26.2 Å². The van der Waals surface area contributed by atoms with Crippen molar-refractivity contribution in [2.24, 2.45) is 34.8 Å². The molecule has 1 aromatic rings. The number of nitrogens with one attached hydrogen (secondary N) is 1. The molecule has 1 saturated heterocycles. The van der Waals surface area contributed by atoms with Gasteiger partial charge in [-0.2, -0.15) is 8.42 Å². The van der Waals surface area contributed by atoms with Gasteiger partial charge in [-0.3, -0.25) is 9.59 Å². The summed E-state index contributed by atoms with van der Waals surface area (Å²) in [6, 6.07) is 4.89. The largest absolute Gasteiger partial charge is 0.506 e. The van der Waals surface area contributed by atoms with Gasteiger partial charge in [0.15, 0.2) is 0 Å². The van der Waals surface area contributed by atoms with Crippen molar-refractivity contribution in [1.82, 2.24) is 4.72 Å². The van der Waals surface area contributed by atoms with E-state index in [9.17, 15) is 23.1 Å². The van der Waals surface area contributed by atoms with Crippen molar-refractivity contribution in [1.29, 1.82) is 0 Å². The second-order valence-electron chi connectivity index (χ2n) is 9.99. The number of rotatable bonds is 6. The number of aromatic hydroxyl groups is 1. The number of primary amides is 1. The Bertz CT molecular complexity index is 1030. The first kappa shape index (κ1) is 20.6. The Balaban J connectivity index is 1.26. The molecule has 168 valence electrons. The Labute approximate surface area is 182 Å². The van der Waals surface area contributed by atoms with Crippen molar-refractivity contribution in [3.8, 4) is 5.75 Å². The van der Waals surface area contributed by atoms with E-state index in [0.29, 0.717) is 23.7 Å². The van der Waals surface area contributed by atoms with Gasteiger partial charge in [0.05, 0.1) is 11.1 Å². The number of amides is 2. The molecule has 1 aromatic carbocycles. The normalized spacial score (nSPS) is 35.4. The average molecular weight is 448 g/mol. The summed E-state index contributed by atoms with van der Waals surface area (Å²) in [6.45, 7) is -0.338. The van der Waals surface area contributed by atoms with Crippen LogP contribution in [0.1, 0.15) is 50.5 Å². The number of aryl methyl sites for hydroxylation is 1. The molecular weight excluding hydrogens is 418 g/mol. The van der Waals surface area contributed by atoms with Crippen LogP contribution in [0.5, 0.6) is 5.75 Å². The number of anilines is 1. The van der Waals surface area contributed by atoms with E-state index in [2.05, 4.69) is 0 Å². The second kappa shape index (κ2) is 7.12. The quantitative estimate of drug-likeness (QED) is 0.612. The van der Waals surface area contributed by atoms with Crippen molar-refractivity contribution in [2.75, 3.05) is 10.8 Å². The summed E-state index contributed by atoms with van der Waals surface area (Å²) < 4.78 is 26.8. The maximum absolute atomic E-state index is 12.5. The van der Waals surface area contributed by atoms with Gasteiger partial charge < -0.3 is 10.8 Å². The van der Waals surface area contributed by atoms with Gasteiger partial charge in [0.2, 0.25) is 5.91 Å². The fraction of sp³-hybridized carbons (Fsp3) is 0.636. The highest BCUT2D eigenvalue weighted by atomic mass is 32.2. The van der Waals surface area contributed by atoms with Crippen LogP contribution in [0.4, 0.5) is 5.69 Å². The monoisotopic (exact) mass is 447 g/mol. The topological polar surface area (TPSA) is 130 Å². The first-order chi connectivity index (χ1) is 14.7. The van der Waals surface area contributed by atoms with Crippen LogP contribution in [0, 0.1) is 29.1 Å². The van der Waals surface area contributed by atoms with Crippen molar-refractivity contribution >= 4 is 27.7 Å². The SMILES string of the molecule is NC(=O)C12CC3CC(CC(C3)C1CCCc1ccc(N3CC(=O)NS3(=O)=O)c(O)c1)C2. The first-order valence-electron chi connectivity index (χ1n) is 11.1. The van der Waals surface area contributed by atoms with Gasteiger partial charge in [-0.15, -0.1) is 0 Å². The smallest absolute Gasteiger partial charge is 0.326 e. The minimum absolute atomic E-state index is 0.0934. The zero-order valence-corrected chi connectivity index (χ0v) is 18.2. The predicted octanol–water partition coefficient (Wildman–Crippen LogP) is 1.82. The number of nitrogens with two attached hydrogens (primary N) is 1. The van der Waals surface area contributed by atoms with Crippen LogP contribution in [0.25, 0.3) is 0 Å². The van der Waals surface area contributed by atoms with Gasteiger partial charge in [0, 0.05) is 0 Å². The molecule has 4 N–H and O–H groups in total. The molecule has 3 unspecified atom stereocenters.